The molecule has 2 aromatic rings. The number of nitrogens with one attached hydrogen (secondary N) is 2. The molecule has 7 nitrogen and oxygen atoms in total. The first-order valence-electron chi connectivity index (χ1n) is 9.78. The Bertz CT molecular complexity index is 1120. The van der Waals surface area contributed by atoms with Crippen LogP contribution in [0.1, 0.15) is 57.7 Å². The second-order valence-corrected chi connectivity index (χ2v) is 8.04. The molecule has 1 saturated heterocycles. The molecule has 4 amide bonds. The minimum Gasteiger partial charge on any atom is -0.345 e. The van der Waals surface area contributed by atoms with Crippen molar-refractivity contribution in [2.24, 2.45) is 0 Å². The third-order valence-corrected chi connectivity index (χ3v) is 5.89. The number of halogens is 2. The maximum absolute atomic E-state index is 13.3. The van der Waals surface area contributed by atoms with Crippen LogP contribution in [0, 0.1) is 5.82 Å². The molecule has 0 radical (unpaired) electrons. The van der Waals surface area contributed by atoms with Crippen LogP contribution < -0.4 is 10.6 Å². The highest BCUT2D eigenvalue weighted by molar-refractivity contribution is 6.31. The van der Waals surface area contributed by atoms with Crippen molar-refractivity contribution in [1.29, 1.82) is 0 Å². The number of imide groups is 1. The highest BCUT2D eigenvalue weighted by Crippen LogP contribution is 2.29. The molecule has 0 spiro atoms. The molecule has 0 aliphatic carbocycles. The number of carbonyl (C=O) groups is 4. The van der Waals surface area contributed by atoms with E-state index in [1.54, 1.807) is 25.1 Å². The number of fused-ring (bicyclic) bond motifs is 1. The van der Waals surface area contributed by atoms with Gasteiger partial charge in [-0.1, -0.05) is 17.7 Å². The summed E-state index contributed by atoms with van der Waals surface area (Å²) in [6, 6.07) is 7.52. The van der Waals surface area contributed by atoms with E-state index in [1.165, 1.54) is 23.1 Å². The molecular formula is C22H19ClFN3O4. The normalized spacial score (nSPS) is 19.1. The van der Waals surface area contributed by atoms with Gasteiger partial charge in [0.1, 0.15) is 11.9 Å². The van der Waals surface area contributed by atoms with E-state index in [-0.39, 0.29) is 42.1 Å². The minimum atomic E-state index is -0.712. The number of hydrogen-bond acceptors (Lipinski definition) is 4. The van der Waals surface area contributed by atoms with E-state index in [0.717, 1.165) is 0 Å². The van der Waals surface area contributed by atoms with Gasteiger partial charge in [0.15, 0.2) is 0 Å². The molecule has 4 rings (SSSR count). The molecule has 2 aliphatic rings. The average molecular weight is 444 g/mol. The third kappa shape index (κ3) is 4.03. The Morgan fingerprint density at radius 3 is 2.71 bits per heavy atom. The number of amides is 4. The van der Waals surface area contributed by atoms with Crippen LogP contribution in [0.3, 0.4) is 0 Å². The highest BCUT2D eigenvalue weighted by atomic mass is 35.5. The SMILES string of the molecule is C[C@H](NC(=O)c1ccc2c(c1)CN(C1CCC(=O)NC1=O)C2=O)c1ccc(F)cc1Cl. The number of carbonyl (C=O) groups excluding carboxylic acids is 4. The molecule has 0 aromatic heterocycles. The predicted molar refractivity (Wildman–Crippen MR) is 110 cm³/mol. The van der Waals surface area contributed by atoms with E-state index in [0.29, 0.717) is 22.3 Å². The Morgan fingerprint density at radius 1 is 1.23 bits per heavy atom. The summed E-state index contributed by atoms with van der Waals surface area (Å²) in [4.78, 5) is 50.4. The average Bonchev–Trinajstić information content (AvgIpc) is 3.03. The molecule has 9 heteroatoms. The van der Waals surface area contributed by atoms with E-state index in [1.807, 2.05) is 0 Å². The number of benzene rings is 2. The first-order chi connectivity index (χ1) is 14.7. The molecule has 0 bridgehead atoms. The molecule has 0 saturated carbocycles. The highest BCUT2D eigenvalue weighted by Gasteiger charge is 2.39. The summed E-state index contributed by atoms with van der Waals surface area (Å²) >= 11 is 6.07. The first kappa shape index (κ1) is 21.0. The van der Waals surface area contributed by atoms with Crippen LogP contribution in [0.15, 0.2) is 36.4 Å². The van der Waals surface area contributed by atoms with E-state index >= 15 is 0 Å². The molecule has 1 fully saturated rings. The minimum absolute atomic E-state index is 0.175. The van der Waals surface area contributed by atoms with E-state index in [9.17, 15) is 23.6 Å². The largest absolute Gasteiger partial charge is 0.345 e. The standard InChI is InChI=1S/C22H19ClFN3O4/c1-11(15-5-3-14(24)9-17(15)23)25-20(29)12-2-4-16-13(8-12)10-27(22(16)31)18-6-7-19(28)26-21(18)30/h2-5,8-9,11,18H,6-7,10H2,1H3,(H,25,29)(H,26,28,30)/t11-,18?/m0/s1. The summed E-state index contributed by atoms with van der Waals surface area (Å²) in [6.45, 7) is 1.92. The quantitative estimate of drug-likeness (QED) is 0.710. The summed E-state index contributed by atoms with van der Waals surface area (Å²) in [5.41, 5.74) is 1.99. The van der Waals surface area contributed by atoms with Crippen molar-refractivity contribution >= 4 is 35.2 Å². The van der Waals surface area contributed by atoms with E-state index < -0.39 is 23.8 Å². The predicted octanol–water partition coefficient (Wildman–Crippen LogP) is 2.73. The van der Waals surface area contributed by atoms with Crippen LogP contribution in [-0.4, -0.2) is 34.6 Å². The third-order valence-electron chi connectivity index (χ3n) is 5.56. The molecule has 2 aromatic carbocycles. The summed E-state index contributed by atoms with van der Waals surface area (Å²) in [5, 5.41) is 5.29. The lowest BCUT2D eigenvalue weighted by Crippen LogP contribution is -2.52. The van der Waals surface area contributed by atoms with Crippen molar-refractivity contribution in [3.05, 3.63) is 69.5 Å². The summed E-state index contributed by atoms with van der Waals surface area (Å²) in [5.74, 6) is -1.97. The Hall–Kier alpha value is -3.26. The van der Waals surface area contributed by atoms with Gasteiger partial charge in [-0.2, -0.15) is 0 Å². The van der Waals surface area contributed by atoms with Gasteiger partial charge in [0, 0.05) is 29.1 Å². The number of rotatable bonds is 4. The van der Waals surface area contributed by atoms with Crippen molar-refractivity contribution in [2.75, 3.05) is 0 Å². The molecular weight excluding hydrogens is 425 g/mol. The Labute approximate surface area is 182 Å². The fourth-order valence-electron chi connectivity index (χ4n) is 3.93. The number of piperidine rings is 1. The molecule has 2 atom stereocenters. The summed E-state index contributed by atoms with van der Waals surface area (Å²) < 4.78 is 13.3. The van der Waals surface area contributed by atoms with Crippen LogP contribution in [-0.2, 0) is 16.1 Å². The van der Waals surface area contributed by atoms with Gasteiger partial charge in [-0.05, 0) is 54.8 Å². The van der Waals surface area contributed by atoms with Crippen LogP contribution in [0.25, 0.3) is 0 Å². The van der Waals surface area contributed by atoms with Gasteiger partial charge in [0.25, 0.3) is 11.8 Å². The molecule has 160 valence electrons. The van der Waals surface area contributed by atoms with Crippen LogP contribution in [0.5, 0.6) is 0 Å². The zero-order chi connectivity index (χ0) is 22.3. The van der Waals surface area contributed by atoms with Crippen LogP contribution in [0.4, 0.5) is 4.39 Å². The van der Waals surface area contributed by atoms with Crippen molar-refractivity contribution in [2.45, 2.75) is 38.4 Å². The summed E-state index contributed by atoms with van der Waals surface area (Å²) in [6.07, 6.45) is 0.446. The number of hydrogen-bond donors (Lipinski definition) is 2. The number of nitrogens with zero attached hydrogens (tertiary/aromatic N) is 1. The van der Waals surface area contributed by atoms with Gasteiger partial charge in [-0.25, -0.2) is 4.39 Å². The zero-order valence-corrected chi connectivity index (χ0v) is 17.3. The Morgan fingerprint density at radius 2 is 2.00 bits per heavy atom. The lowest BCUT2D eigenvalue weighted by molar-refractivity contribution is -0.136. The molecule has 31 heavy (non-hydrogen) atoms. The van der Waals surface area contributed by atoms with Crippen molar-refractivity contribution < 1.29 is 23.6 Å². The van der Waals surface area contributed by atoms with Gasteiger partial charge >= 0.3 is 0 Å². The fourth-order valence-corrected chi connectivity index (χ4v) is 4.26. The van der Waals surface area contributed by atoms with Gasteiger partial charge in [-0.3, -0.25) is 24.5 Å². The Kier molecular flexibility index (Phi) is 5.49. The lowest BCUT2D eigenvalue weighted by atomic mass is 10.0. The topological polar surface area (TPSA) is 95.6 Å². The Balaban J connectivity index is 1.49. The smallest absolute Gasteiger partial charge is 0.255 e. The van der Waals surface area contributed by atoms with Crippen molar-refractivity contribution in [3.8, 4) is 0 Å². The first-order valence-corrected chi connectivity index (χ1v) is 10.2. The van der Waals surface area contributed by atoms with Crippen molar-refractivity contribution in [3.63, 3.8) is 0 Å². The zero-order valence-electron chi connectivity index (χ0n) is 16.6. The van der Waals surface area contributed by atoms with Gasteiger partial charge in [-0.15, -0.1) is 0 Å². The van der Waals surface area contributed by atoms with Gasteiger partial charge in [0.2, 0.25) is 11.8 Å². The second-order valence-electron chi connectivity index (χ2n) is 7.63. The lowest BCUT2D eigenvalue weighted by Gasteiger charge is -2.29. The monoisotopic (exact) mass is 443 g/mol. The van der Waals surface area contributed by atoms with Crippen LogP contribution >= 0.6 is 11.6 Å². The molecule has 1 unspecified atom stereocenters. The van der Waals surface area contributed by atoms with Gasteiger partial charge < -0.3 is 10.2 Å². The van der Waals surface area contributed by atoms with Crippen LogP contribution in [0.2, 0.25) is 5.02 Å². The maximum atomic E-state index is 13.3. The second kappa shape index (κ2) is 8.11. The fraction of sp³-hybridized carbons (Fsp3) is 0.273. The summed E-state index contributed by atoms with van der Waals surface area (Å²) in [7, 11) is 0. The van der Waals surface area contributed by atoms with E-state index in [2.05, 4.69) is 10.6 Å². The molecule has 2 aliphatic heterocycles. The van der Waals surface area contributed by atoms with E-state index in [4.69, 9.17) is 11.6 Å². The van der Waals surface area contributed by atoms with Crippen molar-refractivity contribution in [1.82, 2.24) is 15.5 Å². The molecule has 2 N–H and O–H groups in total. The molecule has 2 heterocycles. The maximum Gasteiger partial charge on any atom is 0.255 e. The van der Waals surface area contributed by atoms with Gasteiger partial charge in [0.05, 0.1) is 6.04 Å².